The third-order valence-electron chi connectivity index (χ3n) is 2.93. The standard InChI is InChI=1S/C14H8Cl3N3O2/c15-7-1-2-11-12(6-7)19-14(20(22)13(11)21)18-10-4-8(16)3-9(17)5-10/h1-6,22H,(H,18,19). The molecule has 3 aromatic rings. The largest absolute Gasteiger partial charge is 0.422 e. The number of rotatable bonds is 2. The molecule has 0 radical (unpaired) electrons. The number of aromatic nitrogens is 2. The van der Waals surface area contributed by atoms with Gasteiger partial charge in [-0.15, -0.1) is 4.73 Å². The molecule has 22 heavy (non-hydrogen) atoms. The normalized spacial score (nSPS) is 10.9. The van der Waals surface area contributed by atoms with Crippen LogP contribution in [0.2, 0.25) is 15.1 Å². The summed E-state index contributed by atoms with van der Waals surface area (Å²) in [6.07, 6.45) is 0. The number of hydrogen-bond donors (Lipinski definition) is 2. The summed E-state index contributed by atoms with van der Waals surface area (Å²) in [5.74, 6) is -0.0712. The lowest BCUT2D eigenvalue weighted by atomic mass is 10.2. The Balaban J connectivity index is 2.14. The number of halogens is 3. The molecule has 0 saturated heterocycles. The van der Waals surface area contributed by atoms with Crippen LogP contribution in [0.5, 0.6) is 0 Å². The second kappa shape index (κ2) is 5.68. The molecule has 8 heteroatoms. The van der Waals surface area contributed by atoms with Gasteiger partial charge in [-0.25, -0.2) is 4.98 Å². The zero-order valence-electron chi connectivity index (χ0n) is 10.8. The fourth-order valence-corrected chi connectivity index (χ4v) is 2.68. The average Bonchev–Trinajstić information content (AvgIpc) is 2.43. The Morgan fingerprint density at radius 3 is 2.36 bits per heavy atom. The van der Waals surface area contributed by atoms with Gasteiger partial charge in [-0.2, -0.15) is 0 Å². The molecule has 0 aliphatic carbocycles. The SMILES string of the molecule is O=c1c2ccc(Cl)cc2nc(Nc2cc(Cl)cc(Cl)c2)n1O. The van der Waals surface area contributed by atoms with Crippen LogP contribution < -0.4 is 10.9 Å². The smallest absolute Gasteiger partial charge is 0.295 e. The number of nitrogens with zero attached hydrogens (tertiary/aromatic N) is 2. The first-order chi connectivity index (χ1) is 10.4. The van der Waals surface area contributed by atoms with Gasteiger partial charge in [0.15, 0.2) is 0 Å². The van der Waals surface area contributed by atoms with Crippen LogP contribution in [-0.4, -0.2) is 14.9 Å². The highest BCUT2D eigenvalue weighted by molar-refractivity contribution is 6.35. The van der Waals surface area contributed by atoms with Crippen molar-refractivity contribution in [3.63, 3.8) is 0 Å². The van der Waals surface area contributed by atoms with E-state index in [1.54, 1.807) is 24.3 Å². The van der Waals surface area contributed by atoms with Crippen molar-refractivity contribution in [1.29, 1.82) is 0 Å². The van der Waals surface area contributed by atoms with Crippen molar-refractivity contribution in [3.8, 4) is 0 Å². The first-order valence-corrected chi connectivity index (χ1v) is 7.22. The molecule has 1 aromatic heterocycles. The molecule has 0 amide bonds. The summed E-state index contributed by atoms with van der Waals surface area (Å²) in [5, 5.41) is 14.2. The van der Waals surface area contributed by atoms with Crippen LogP contribution in [0.1, 0.15) is 0 Å². The van der Waals surface area contributed by atoms with Crippen molar-refractivity contribution in [2.75, 3.05) is 5.32 Å². The van der Waals surface area contributed by atoms with Crippen molar-refractivity contribution in [1.82, 2.24) is 9.71 Å². The molecular weight excluding hydrogens is 349 g/mol. The first-order valence-electron chi connectivity index (χ1n) is 6.09. The predicted octanol–water partition coefficient (Wildman–Crippen LogP) is 4.34. The molecule has 112 valence electrons. The van der Waals surface area contributed by atoms with Crippen LogP contribution in [0.3, 0.4) is 0 Å². The highest BCUT2D eigenvalue weighted by atomic mass is 35.5. The quantitative estimate of drug-likeness (QED) is 0.670. The lowest BCUT2D eigenvalue weighted by Gasteiger charge is -2.10. The van der Waals surface area contributed by atoms with Crippen LogP contribution in [0, 0.1) is 0 Å². The lowest BCUT2D eigenvalue weighted by Crippen LogP contribution is -2.22. The minimum atomic E-state index is -0.614. The van der Waals surface area contributed by atoms with Gasteiger partial charge in [0.25, 0.3) is 5.56 Å². The van der Waals surface area contributed by atoms with Crippen LogP contribution in [-0.2, 0) is 0 Å². The van der Waals surface area contributed by atoms with Gasteiger partial charge in [-0.3, -0.25) is 4.79 Å². The van der Waals surface area contributed by atoms with Crippen molar-refractivity contribution in [2.24, 2.45) is 0 Å². The van der Waals surface area contributed by atoms with Gasteiger partial charge in [0, 0.05) is 20.8 Å². The number of nitrogens with one attached hydrogen (secondary N) is 1. The fourth-order valence-electron chi connectivity index (χ4n) is 1.99. The molecule has 1 heterocycles. The lowest BCUT2D eigenvalue weighted by molar-refractivity contribution is 0.180. The molecular formula is C14H8Cl3N3O2. The second-order valence-corrected chi connectivity index (χ2v) is 5.81. The monoisotopic (exact) mass is 355 g/mol. The van der Waals surface area contributed by atoms with Crippen molar-refractivity contribution in [3.05, 3.63) is 61.8 Å². The van der Waals surface area contributed by atoms with E-state index in [1.807, 2.05) is 0 Å². The van der Waals surface area contributed by atoms with E-state index in [0.29, 0.717) is 31.0 Å². The van der Waals surface area contributed by atoms with E-state index in [9.17, 15) is 10.0 Å². The van der Waals surface area contributed by atoms with E-state index >= 15 is 0 Å². The van der Waals surface area contributed by atoms with Gasteiger partial charge in [0.05, 0.1) is 10.9 Å². The minimum Gasteiger partial charge on any atom is -0.422 e. The zero-order chi connectivity index (χ0) is 15.9. The summed E-state index contributed by atoms with van der Waals surface area (Å²) in [6, 6.07) is 9.32. The second-order valence-electron chi connectivity index (χ2n) is 4.50. The van der Waals surface area contributed by atoms with Gasteiger partial charge >= 0.3 is 0 Å². The number of hydrogen-bond acceptors (Lipinski definition) is 4. The molecule has 5 nitrogen and oxygen atoms in total. The summed E-state index contributed by atoms with van der Waals surface area (Å²) in [7, 11) is 0. The Morgan fingerprint density at radius 2 is 1.68 bits per heavy atom. The third-order valence-corrected chi connectivity index (χ3v) is 3.60. The molecule has 2 N–H and O–H groups in total. The zero-order valence-corrected chi connectivity index (χ0v) is 13.1. The molecule has 0 saturated carbocycles. The fraction of sp³-hybridized carbons (Fsp3) is 0. The number of fused-ring (bicyclic) bond motifs is 1. The maximum atomic E-state index is 12.1. The highest BCUT2D eigenvalue weighted by Gasteiger charge is 2.11. The van der Waals surface area contributed by atoms with Crippen molar-refractivity contribution in [2.45, 2.75) is 0 Å². The topological polar surface area (TPSA) is 67.2 Å². The van der Waals surface area contributed by atoms with Gasteiger partial charge in [0.1, 0.15) is 0 Å². The molecule has 0 aliphatic rings. The molecule has 2 aromatic carbocycles. The summed E-state index contributed by atoms with van der Waals surface area (Å²) in [6.45, 7) is 0. The molecule has 0 atom stereocenters. The van der Waals surface area contributed by atoms with Crippen LogP contribution >= 0.6 is 34.8 Å². The summed E-state index contributed by atoms with van der Waals surface area (Å²) < 4.78 is 0.422. The minimum absolute atomic E-state index is 0.0712. The van der Waals surface area contributed by atoms with E-state index in [0.717, 1.165) is 0 Å². The van der Waals surface area contributed by atoms with Crippen molar-refractivity contribution >= 4 is 57.3 Å². The van der Waals surface area contributed by atoms with E-state index < -0.39 is 5.56 Å². The first kappa shape index (κ1) is 15.0. The Labute approximate surface area is 139 Å². The highest BCUT2D eigenvalue weighted by Crippen LogP contribution is 2.25. The molecule has 0 unspecified atom stereocenters. The van der Waals surface area contributed by atoms with Gasteiger partial charge < -0.3 is 10.5 Å². The summed E-state index contributed by atoms with van der Waals surface area (Å²) >= 11 is 17.7. The number of anilines is 2. The summed E-state index contributed by atoms with van der Waals surface area (Å²) in [5.41, 5.74) is 0.226. The molecule has 0 spiro atoms. The van der Waals surface area contributed by atoms with Gasteiger partial charge in [0.2, 0.25) is 5.95 Å². The van der Waals surface area contributed by atoms with E-state index in [-0.39, 0.29) is 11.3 Å². The maximum Gasteiger partial charge on any atom is 0.295 e. The van der Waals surface area contributed by atoms with Crippen LogP contribution in [0.25, 0.3) is 10.9 Å². The molecule has 0 aliphatic heterocycles. The Morgan fingerprint density at radius 1 is 1.00 bits per heavy atom. The van der Waals surface area contributed by atoms with E-state index in [1.165, 1.54) is 12.1 Å². The molecule has 0 fully saturated rings. The van der Waals surface area contributed by atoms with E-state index in [4.69, 9.17) is 34.8 Å². The van der Waals surface area contributed by atoms with Crippen LogP contribution in [0.4, 0.5) is 11.6 Å². The van der Waals surface area contributed by atoms with E-state index in [2.05, 4.69) is 10.3 Å². The predicted molar refractivity (Wildman–Crippen MR) is 87.9 cm³/mol. The molecule has 3 rings (SSSR count). The number of benzene rings is 2. The maximum absolute atomic E-state index is 12.1. The van der Waals surface area contributed by atoms with Crippen molar-refractivity contribution < 1.29 is 5.21 Å². The molecule has 0 bridgehead atoms. The summed E-state index contributed by atoms with van der Waals surface area (Å²) in [4.78, 5) is 16.3. The third kappa shape index (κ3) is 2.83. The van der Waals surface area contributed by atoms with Gasteiger partial charge in [-0.1, -0.05) is 34.8 Å². The Bertz CT molecular complexity index is 920. The Hall–Kier alpha value is -1.95. The van der Waals surface area contributed by atoms with Gasteiger partial charge in [-0.05, 0) is 36.4 Å². The van der Waals surface area contributed by atoms with Crippen LogP contribution in [0.15, 0.2) is 41.2 Å². The Kier molecular flexibility index (Phi) is 3.87. The average molecular weight is 357 g/mol.